The Hall–Kier alpha value is -2.83. The Morgan fingerprint density at radius 3 is 2.55 bits per heavy atom. The first-order valence-electron chi connectivity index (χ1n) is 10.1. The van der Waals surface area contributed by atoms with Gasteiger partial charge in [-0.1, -0.05) is 35.5 Å². The van der Waals surface area contributed by atoms with E-state index >= 15 is 0 Å². The molecule has 156 valence electrons. The molecule has 1 fully saturated rings. The molecule has 1 N–H and O–H groups in total. The molecule has 1 aliphatic heterocycles. The summed E-state index contributed by atoms with van der Waals surface area (Å²) in [4.78, 5) is 26.2. The maximum atomic E-state index is 12.4. The topological polar surface area (TPSA) is 84.7 Å². The van der Waals surface area contributed by atoms with E-state index in [2.05, 4.69) is 10.5 Å². The molecule has 7 nitrogen and oxygen atoms in total. The van der Waals surface area contributed by atoms with E-state index in [0.717, 1.165) is 17.0 Å². The maximum absolute atomic E-state index is 12.4. The monoisotopic (exact) mass is 399 g/mol. The number of hydrogen-bond donors (Lipinski definition) is 1. The first-order valence-corrected chi connectivity index (χ1v) is 10.1. The predicted octanol–water partition coefficient (Wildman–Crippen LogP) is 3.65. The lowest BCUT2D eigenvalue weighted by Crippen LogP contribution is -2.45. The molecule has 2 aromatic rings. The summed E-state index contributed by atoms with van der Waals surface area (Å²) in [6, 6.07) is 11.7. The molecule has 0 bridgehead atoms. The smallest absolute Gasteiger partial charge is 0.410 e. The van der Waals surface area contributed by atoms with Crippen LogP contribution >= 0.6 is 0 Å². The fourth-order valence-electron chi connectivity index (χ4n) is 3.28. The highest BCUT2D eigenvalue weighted by Gasteiger charge is 2.29. The average Bonchev–Trinajstić information content (AvgIpc) is 3.16. The average molecular weight is 399 g/mol. The van der Waals surface area contributed by atoms with Crippen LogP contribution in [0.4, 0.5) is 4.79 Å². The predicted molar refractivity (Wildman–Crippen MR) is 109 cm³/mol. The lowest BCUT2D eigenvalue weighted by molar-refractivity contribution is -0.126. The number of ether oxygens (including phenoxy) is 1. The molecule has 0 atom stereocenters. The molecule has 1 saturated heterocycles. The largest absolute Gasteiger partial charge is 0.444 e. The molecule has 1 aromatic carbocycles. The fraction of sp³-hybridized carbons (Fsp3) is 0.500. The van der Waals surface area contributed by atoms with Crippen LogP contribution in [0.3, 0.4) is 0 Å². The number of rotatable bonds is 5. The molecule has 29 heavy (non-hydrogen) atoms. The van der Waals surface area contributed by atoms with Gasteiger partial charge in [0.05, 0.1) is 5.69 Å². The molecule has 2 amide bonds. The lowest BCUT2D eigenvalue weighted by Gasteiger charge is -2.32. The number of carbonyl (C=O) groups is 2. The highest BCUT2D eigenvalue weighted by molar-refractivity contribution is 5.79. The van der Waals surface area contributed by atoms with E-state index in [1.54, 1.807) is 4.90 Å². The van der Waals surface area contributed by atoms with Crippen LogP contribution in [0.1, 0.15) is 39.3 Å². The second-order valence-electron chi connectivity index (χ2n) is 8.33. The van der Waals surface area contributed by atoms with Gasteiger partial charge in [0.25, 0.3) is 0 Å². The summed E-state index contributed by atoms with van der Waals surface area (Å²) in [6.45, 7) is 7.13. The summed E-state index contributed by atoms with van der Waals surface area (Å²) in [5.41, 5.74) is 1.28. The van der Waals surface area contributed by atoms with E-state index in [-0.39, 0.29) is 17.9 Å². The zero-order valence-corrected chi connectivity index (χ0v) is 17.3. The van der Waals surface area contributed by atoms with E-state index in [0.29, 0.717) is 38.9 Å². The van der Waals surface area contributed by atoms with Crippen LogP contribution in [0.15, 0.2) is 40.9 Å². The van der Waals surface area contributed by atoms with E-state index < -0.39 is 5.60 Å². The van der Waals surface area contributed by atoms with E-state index in [1.807, 2.05) is 57.2 Å². The van der Waals surface area contributed by atoms with Crippen LogP contribution in [-0.2, 0) is 16.0 Å². The quantitative estimate of drug-likeness (QED) is 0.830. The SMILES string of the molecule is CC(C)(C)OC(=O)N1CCC(C(=O)NCCc2cc(-c3ccccc3)on2)CC1. The Balaban J connectivity index is 1.40. The third-order valence-corrected chi connectivity index (χ3v) is 4.82. The molecule has 0 aliphatic carbocycles. The van der Waals surface area contributed by atoms with Crippen molar-refractivity contribution in [3.63, 3.8) is 0 Å². The molecule has 1 aliphatic rings. The Kier molecular flexibility index (Phi) is 6.56. The van der Waals surface area contributed by atoms with Gasteiger partial charge in [-0.3, -0.25) is 4.79 Å². The number of nitrogens with one attached hydrogen (secondary N) is 1. The third-order valence-electron chi connectivity index (χ3n) is 4.82. The first kappa shape index (κ1) is 20.9. The fourth-order valence-corrected chi connectivity index (χ4v) is 3.28. The Labute approximate surface area is 171 Å². The van der Waals surface area contributed by atoms with Gasteiger partial charge in [-0.05, 0) is 33.6 Å². The van der Waals surface area contributed by atoms with Crippen LogP contribution in [0, 0.1) is 5.92 Å². The highest BCUT2D eigenvalue weighted by Crippen LogP contribution is 2.21. The van der Waals surface area contributed by atoms with Gasteiger partial charge in [-0.15, -0.1) is 0 Å². The van der Waals surface area contributed by atoms with Crippen molar-refractivity contribution >= 4 is 12.0 Å². The summed E-state index contributed by atoms with van der Waals surface area (Å²) in [5.74, 6) is 0.674. The summed E-state index contributed by atoms with van der Waals surface area (Å²) in [5, 5.41) is 7.05. The molecule has 2 heterocycles. The number of carbonyl (C=O) groups excluding carboxylic acids is 2. The van der Waals surface area contributed by atoms with Gasteiger partial charge in [-0.2, -0.15) is 0 Å². The Bertz CT molecular complexity index is 818. The van der Waals surface area contributed by atoms with Crippen molar-refractivity contribution in [2.24, 2.45) is 5.92 Å². The van der Waals surface area contributed by atoms with Crippen LogP contribution in [0.5, 0.6) is 0 Å². The van der Waals surface area contributed by atoms with E-state index in [9.17, 15) is 9.59 Å². The highest BCUT2D eigenvalue weighted by atomic mass is 16.6. The van der Waals surface area contributed by atoms with Gasteiger partial charge >= 0.3 is 6.09 Å². The minimum absolute atomic E-state index is 0.0283. The van der Waals surface area contributed by atoms with Crippen molar-refractivity contribution in [2.45, 2.75) is 45.6 Å². The molecule has 1 aromatic heterocycles. The van der Waals surface area contributed by atoms with Gasteiger partial charge in [0.2, 0.25) is 5.91 Å². The maximum Gasteiger partial charge on any atom is 0.410 e. The minimum atomic E-state index is -0.507. The Morgan fingerprint density at radius 1 is 1.21 bits per heavy atom. The number of amides is 2. The standard InChI is InChI=1S/C22H29N3O4/c1-22(2,3)28-21(27)25-13-10-17(11-14-25)20(26)23-12-9-18-15-19(29-24-18)16-7-5-4-6-8-16/h4-8,15,17H,9-14H2,1-3H3,(H,23,26). The summed E-state index contributed by atoms with van der Waals surface area (Å²) in [6.07, 6.45) is 1.59. The number of benzene rings is 1. The molecule has 0 unspecified atom stereocenters. The van der Waals surface area contributed by atoms with Crippen LogP contribution in [0.2, 0.25) is 0 Å². The molecule has 0 spiro atoms. The number of piperidine rings is 1. The van der Waals surface area contributed by atoms with Crippen molar-refractivity contribution in [3.05, 3.63) is 42.1 Å². The van der Waals surface area contributed by atoms with E-state index in [4.69, 9.17) is 9.26 Å². The molecule has 0 radical (unpaired) electrons. The lowest BCUT2D eigenvalue weighted by atomic mass is 9.96. The van der Waals surface area contributed by atoms with Crippen molar-refractivity contribution in [1.29, 1.82) is 0 Å². The molecule has 3 rings (SSSR count). The van der Waals surface area contributed by atoms with Crippen LogP contribution in [-0.4, -0.2) is 47.3 Å². The van der Waals surface area contributed by atoms with E-state index in [1.165, 1.54) is 0 Å². The Morgan fingerprint density at radius 2 is 1.90 bits per heavy atom. The molecular weight excluding hydrogens is 370 g/mol. The third kappa shape index (κ3) is 6.07. The summed E-state index contributed by atoms with van der Waals surface area (Å²) in [7, 11) is 0. The number of likely N-dealkylation sites (tertiary alicyclic amines) is 1. The molecule has 7 heteroatoms. The summed E-state index contributed by atoms with van der Waals surface area (Å²) >= 11 is 0. The first-order chi connectivity index (χ1) is 13.8. The van der Waals surface area contributed by atoms with Crippen molar-refractivity contribution in [3.8, 4) is 11.3 Å². The normalized spacial score (nSPS) is 15.2. The molecular formula is C22H29N3O4. The number of nitrogens with zero attached hydrogens (tertiary/aromatic N) is 2. The number of aromatic nitrogens is 1. The minimum Gasteiger partial charge on any atom is -0.444 e. The van der Waals surface area contributed by atoms with Gasteiger partial charge in [0.15, 0.2) is 5.76 Å². The van der Waals surface area contributed by atoms with Gasteiger partial charge in [0.1, 0.15) is 5.60 Å². The van der Waals surface area contributed by atoms with Crippen molar-refractivity contribution in [2.75, 3.05) is 19.6 Å². The van der Waals surface area contributed by atoms with Crippen molar-refractivity contribution < 1.29 is 18.8 Å². The van der Waals surface area contributed by atoms with Crippen LogP contribution < -0.4 is 5.32 Å². The molecule has 0 saturated carbocycles. The second kappa shape index (κ2) is 9.11. The van der Waals surface area contributed by atoms with Gasteiger partial charge < -0.3 is 19.5 Å². The second-order valence-corrected chi connectivity index (χ2v) is 8.33. The number of hydrogen-bond acceptors (Lipinski definition) is 5. The van der Waals surface area contributed by atoms with Crippen molar-refractivity contribution in [1.82, 2.24) is 15.4 Å². The zero-order valence-electron chi connectivity index (χ0n) is 17.3. The van der Waals surface area contributed by atoms with Gasteiger partial charge in [-0.25, -0.2) is 4.79 Å². The van der Waals surface area contributed by atoms with Crippen LogP contribution in [0.25, 0.3) is 11.3 Å². The summed E-state index contributed by atoms with van der Waals surface area (Å²) < 4.78 is 10.8. The zero-order chi connectivity index (χ0) is 20.9. The van der Waals surface area contributed by atoms with Gasteiger partial charge in [0, 0.05) is 43.6 Å².